The van der Waals surface area contributed by atoms with Gasteiger partial charge in [-0.25, -0.2) is 4.39 Å². The fourth-order valence-corrected chi connectivity index (χ4v) is 4.58. The molecule has 0 aliphatic carbocycles. The Bertz CT molecular complexity index is 856. The van der Waals surface area contributed by atoms with Gasteiger partial charge >= 0.3 is 0 Å². The lowest BCUT2D eigenvalue weighted by molar-refractivity contribution is -0.117. The van der Waals surface area contributed by atoms with Crippen LogP contribution in [0.15, 0.2) is 48.5 Å². The van der Waals surface area contributed by atoms with Gasteiger partial charge < -0.3 is 19.9 Å². The molecule has 4 rings (SSSR count). The third kappa shape index (κ3) is 5.56. The van der Waals surface area contributed by atoms with Crippen molar-refractivity contribution in [3.63, 3.8) is 0 Å². The first-order valence-electron chi connectivity index (χ1n) is 11.4. The zero-order valence-electron chi connectivity index (χ0n) is 18.2. The number of hydrogen-bond donors (Lipinski definition) is 1. The molecule has 166 valence electrons. The molecule has 0 spiro atoms. The van der Waals surface area contributed by atoms with E-state index < -0.39 is 0 Å². The number of rotatable bonds is 9. The lowest BCUT2D eigenvalue weighted by atomic mass is 10.2. The van der Waals surface area contributed by atoms with Crippen LogP contribution in [0.4, 0.5) is 15.8 Å². The molecule has 1 amide bonds. The number of likely N-dealkylation sites (tertiary alicyclic amines) is 1. The minimum atomic E-state index is -0.254. The smallest absolute Gasteiger partial charge is 0.227 e. The summed E-state index contributed by atoms with van der Waals surface area (Å²) >= 11 is 0. The van der Waals surface area contributed by atoms with Gasteiger partial charge in [0.25, 0.3) is 0 Å². The molecule has 2 heterocycles. The van der Waals surface area contributed by atoms with Gasteiger partial charge in [-0.3, -0.25) is 4.79 Å². The largest absolute Gasteiger partial charge is 0.494 e. The van der Waals surface area contributed by atoms with Crippen LogP contribution < -0.4 is 15.0 Å². The Kier molecular flexibility index (Phi) is 7.07. The van der Waals surface area contributed by atoms with Crippen molar-refractivity contribution in [2.24, 2.45) is 0 Å². The third-order valence-electron chi connectivity index (χ3n) is 6.38. The Morgan fingerprint density at radius 1 is 1.10 bits per heavy atom. The highest BCUT2D eigenvalue weighted by atomic mass is 19.1. The summed E-state index contributed by atoms with van der Waals surface area (Å²) in [5.74, 6) is 0.723. The van der Waals surface area contributed by atoms with Gasteiger partial charge in [0.15, 0.2) is 0 Å². The number of nitrogens with zero attached hydrogens (tertiary/aromatic N) is 2. The van der Waals surface area contributed by atoms with Crippen LogP contribution in [0.3, 0.4) is 0 Å². The maximum absolute atomic E-state index is 13.1. The first-order valence-corrected chi connectivity index (χ1v) is 11.4. The van der Waals surface area contributed by atoms with Gasteiger partial charge in [-0.1, -0.05) is 0 Å². The van der Waals surface area contributed by atoms with Gasteiger partial charge in [0.2, 0.25) is 5.91 Å². The minimum absolute atomic E-state index is 0.0757. The number of carbonyl (C=O) groups is 1. The molecule has 2 atom stereocenters. The predicted octanol–water partition coefficient (Wildman–Crippen LogP) is 4.69. The van der Waals surface area contributed by atoms with E-state index in [1.807, 2.05) is 29.2 Å². The van der Waals surface area contributed by atoms with Crippen LogP contribution in [0.5, 0.6) is 5.75 Å². The molecule has 5 nitrogen and oxygen atoms in total. The van der Waals surface area contributed by atoms with Crippen molar-refractivity contribution in [3.8, 4) is 5.75 Å². The number of anilines is 2. The number of nitrogens with one attached hydrogen (secondary N) is 1. The van der Waals surface area contributed by atoms with Crippen molar-refractivity contribution in [2.45, 2.75) is 51.1 Å². The van der Waals surface area contributed by atoms with Crippen molar-refractivity contribution >= 4 is 17.3 Å². The van der Waals surface area contributed by atoms with Crippen LogP contribution in [0, 0.1) is 5.82 Å². The molecule has 0 saturated carbocycles. The maximum atomic E-state index is 13.1. The minimum Gasteiger partial charge on any atom is -0.494 e. The van der Waals surface area contributed by atoms with E-state index in [0.717, 1.165) is 36.5 Å². The maximum Gasteiger partial charge on any atom is 0.227 e. The SMILES string of the molecule is CC1CCCN1CCCOc1ccc(N2C(=O)CC[C@H]2CNc2ccc(F)cc2)cc1. The van der Waals surface area contributed by atoms with Crippen molar-refractivity contribution in [2.75, 3.05) is 36.5 Å². The van der Waals surface area contributed by atoms with E-state index in [-0.39, 0.29) is 17.8 Å². The average molecular weight is 426 g/mol. The van der Waals surface area contributed by atoms with Crippen molar-refractivity contribution in [1.82, 2.24) is 4.90 Å². The highest BCUT2D eigenvalue weighted by Gasteiger charge is 2.31. The summed E-state index contributed by atoms with van der Waals surface area (Å²) in [6.45, 7) is 5.93. The van der Waals surface area contributed by atoms with Gasteiger partial charge in [-0.15, -0.1) is 0 Å². The molecule has 1 unspecified atom stereocenters. The molecule has 2 saturated heterocycles. The molecule has 0 radical (unpaired) electrons. The zero-order valence-corrected chi connectivity index (χ0v) is 18.2. The van der Waals surface area contributed by atoms with Crippen LogP contribution in [-0.2, 0) is 4.79 Å². The molecule has 2 aromatic rings. The number of hydrogen-bond acceptors (Lipinski definition) is 4. The van der Waals surface area contributed by atoms with Gasteiger partial charge in [0, 0.05) is 36.9 Å². The Morgan fingerprint density at radius 2 is 1.87 bits per heavy atom. The first kappa shape index (κ1) is 21.6. The quantitative estimate of drug-likeness (QED) is 0.592. The highest BCUT2D eigenvalue weighted by Crippen LogP contribution is 2.29. The van der Waals surface area contributed by atoms with Crippen LogP contribution in [0.25, 0.3) is 0 Å². The van der Waals surface area contributed by atoms with Gasteiger partial charge in [0.1, 0.15) is 11.6 Å². The summed E-state index contributed by atoms with van der Waals surface area (Å²) in [7, 11) is 0. The fraction of sp³-hybridized carbons (Fsp3) is 0.480. The Hall–Kier alpha value is -2.60. The van der Waals surface area contributed by atoms with Gasteiger partial charge in [0.05, 0.1) is 12.6 Å². The molecule has 31 heavy (non-hydrogen) atoms. The van der Waals surface area contributed by atoms with Gasteiger partial charge in [-0.2, -0.15) is 0 Å². The van der Waals surface area contributed by atoms with Crippen molar-refractivity contribution < 1.29 is 13.9 Å². The average Bonchev–Trinajstić information content (AvgIpc) is 3.36. The molecule has 2 fully saturated rings. The number of halogens is 1. The van der Waals surface area contributed by atoms with Crippen LogP contribution in [-0.4, -0.2) is 49.1 Å². The van der Waals surface area contributed by atoms with E-state index in [0.29, 0.717) is 25.6 Å². The molecule has 2 aromatic carbocycles. The van der Waals surface area contributed by atoms with E-state index >= 15 is 0 Å². The van der Waals surface area contributed by atoms with E-state index in [4.69, 9.17) is 4.74 Å². The molecule has 2 aliphatic heterocycles. The van der Waals surface area contributed by atoms with Crippen molar-refractivity contribution in [3.05, 3.63) is 54.3 Å². The van der Waals surface area contributed by atoms with E-state index in [1.165, 1.54) is 31.5 Å². The van der Waals surface area contributed by atoms with Crippen molar-refractivity contribution in [1.29, 1.82) is 0 Å². The summed E-state index contributed by atoms with van der Waals surface area (Å²) in [5.41, 5.74) is 1.75. The Balaban J connectivity index is 1.28. The predicted molar refractivity (Wildman–Crippen MR) is 122 cm³/mol. The molecule has 0 bridgehead atoms. The number of carbonyl (C=O) groups excluding carboxylic acids is 1. The summed E-state index contributed by atoms with van der Waals surface area (Å²) in [4.78, 5) is 16.9. The van der Waals surface area contributed by atoms with Crippen LogP contribution in [0.2, 0.25) is 0 Å². The Labute approximate surface area is 184 Å². The molecular weight excluding hydrogens is 393 g/mol. The lowest BCUT2D eigenvalue weighted by Crippen LogP contribution is -2.37. The standard InChI is InChI=1S/C25H32FN3O2/c1-19-4-2-15-28(19)16-3-17-31-24-12-9-22(10-13-24)29-23(11-14-25(29)30)18-27-21-7-5-20(26)6-8-21/h5-10,12-13,19,23,27H,2-4,11,14-18H2,1H3/t19?,23-/m0/s1. The van der Waals surface area contributed by atoms with Crippen LogP contribution >= 0.6 is 0 Å². The first-order chi connectivity index (χ1) is 15.1. The molecule has 1 N–H and O–H groups in total. The van der Waals surface area contributed by atoms with Crippen LogP contribution in [0.1, 0.15) is 39.0 Å². The summed E-state index contributed by atoms with van der Waals surface area (Å²) in [6.07, 6.45) is 4.98. The second-order valence-electron chi connectivity index (χ2n) is 8.57. The normalized spacial score (nSPS) is 21.6. The number of ether oxygens (including phenoxy) is 1. The fourth-order valence-electron chi connectivity index (χ4n) is 4.58. The Morgan fingerprint density at radius 3 is 2.58 bits per heavy atom. The van der Waals surface area contributed by atoms with E-state index in [9.17, 15) is 9.18 Å². The zero-order chi connectivity index (χ0) is 21.6. The summed E-state index contributed by atoms with van der Waals surface area (Å²) in [5, 5.41) is 3.32. The molecule has 2 aliphatic rings. The molecule has 6 heteroatoms. The third-order valence-corrected chi connectivity index (χ3v) is 6.38. The monoisotopic (exact) mass is 425 g/mol. The lowest BCUT2D eigenvalue weighted by Gasteiger charge is -2.26. The highest BCUT2D eigenvalue weighted by molar-refractivity contribution is 5.96. The number of amides is 1. The summed E-state index contributed by atoms with van der Waals surface area (Å²) < 4.78 is 19.0. The summed E-state index contributed by atoms with van der Waals surface area (Å²) in [6, 6.07) is 14.9. The van der Waals surface area contributed by atoms with E-state index in [1.54, 1.807) is 12.1 Å². The second kappa shape index (κ2) is 10.1. The van der Waals surface area contributed by atoms with E-state index in [2.05, 4.69) is 17.1 Å². The number of benzene rings is 2. The van der Waals surface area contributed by atoms with Gasteiger partial charge in [-0.05, 0) is 87.7 Å². The molecule has 0 aromatic heterocycles. The topological polar surface area (TPSA) is 44.8 Å². The second-order valence-corrected chi connectivity index (χ2v) is 8.57. The molecular formula is C25H32FN3O2.